The molecule has 3 aromatic rings. The van der Waals surface area contributed by atoms with Crippen molar-refractivity contribution < 1.29 is 19.0 Å². The second kappa shape index (κ2) is 14.4. The lowest BCUT2D eigenvalue weighted by atomic mass is 10.1. The number of carbonyl (C=O) groups is 1. The lowest BCUT2D eigenvalue weighted by Gasteiger charge is -2.14. The highest BCUT2D eigenvalue weighted by Gasteiger charge is 2.17. The Morgan fingerprint density at radius 2 is 1.56 bits per heavy atom. The first-order chi connectivity index (χ1) is 17.6. The van der Waals surface area contributed by atoms with Gasteiger partial charge < -0.3 is 24.1 Å². The van der Waals surface area contributed by atoms with E-state index >= 15 is 0 Å². The van der Waals surface area contributed by atoms with Gasteiger partial charge in [0.1, 0.15) is 5.82 Å². The summed E-state index contributed by atoms with van der Waals surface area (Å²) in [5.74, 6) is 2.30. The number of rotatable bonds is 16. The molecule has 0 fully saturated rings. The van der Waals surface area contributed by atoms with E-state index in [1.54, 1.807) is 19.2 Å². The predicted octanol–water partition coefficient (Wildman–Crippen LogP) is 6.18. The van der Waals surface area contributed by atoms with Crippen molar-refractivity contribution in [3.63, 3.8) is 0 Å². The van der Waals surface area contributed by atoms with Crippen LogP contribution in [0, 0.1) is 0 Å². The Hall–Kier alpha value is -3.22. The number of imidazole rings is 1. The molecular formula is C29H41N3O4. The number of para-hydroxylation sites is 2. The molecule has 1 heterocycles. The highest BCUT2D eigenvalue weighted by Crippen LogP contribution is 2.38. The van der Waals surface area contributed by atoms with Crippen molar-refractivity contribution in [3.8, 4) is 17.2 Å². The summed E-state index contributed by atoms with van der Waals surface area (Å²) in [6.45, 7) is 3.79. The third-order valence-electron chi connectivity index (χ3n) is 6.51. The summed E-state index contributed by atoms with van der Waals surface area (Å²) in [4.78, 5) is 17.7. The summed E-state index contributed by atoms with van der Waals surface area (Å²) in [6, 6.07) is 11.7. The van der Waals surface area contributed by atoms with Gasteiger partial charge >= 0.3 is 0 Å². The van der Waals surface area contributed by atoms with Crippen LogP contribution in [-0.2, 0) is 13.0 Å². The van der Waals surface area contributed by atoms with E-state index in [0.717, 1.165) is 37.1 Å². The Balaban J connectivity index is 1.56. The van der Waals surface area contributed by atoms with Gasteiger partial charge in [0.05, 0.1) is 32.4 Å². The van der Waals surface area contributed by atoms with Crippen LogP contribution in [-0.4, -0.2) is 43.3 Å². The number of aromatic nitrogens is 2. The molecule has 36 heavy (non-hydrogen) atoms. The Bertz CT molecular complexity index is 1080. The summed E-state index contributed by atoms with van der Waals surface area (Å²) in [5.41, 5.74) is 2.70. The van der Waals surface area contributed by atoms with Crippen LogP contribution in [0.3, 0.4) is 0 Å². The zero-order chi connectivity index (χ0) is 25.8. The number of hydrogen-bond acceptors (Lipinski definition) is 5. The smallest absolute Gasteiger partial charge is 0.251 e. The maximum atomic E-state index is 12.8. The van der Waals surface area contributed by atoms with E-state index in [4.69, 9.17) is 19.2 Å². The maximum Gasteiger partial charge on any atom is 0.251 e. The number of carbonyl (C=O) groups excluding carboxylic acids is 1. The number of aryl methyl sites for hydroxylation is 2. The van der Waals surface area contributed by atoms with Crippen LogP contribution in [0.25, 0.3) is 11.0 Å². The number of ether oxygens (including phenoxy) is 3. The van der Waals surface area contributed by atoms with Crippen molar-refractivity contribution in [1.29, 1.82) is 0 Å². The number of nitrogens with zero attached hydrogens (tertiary/aromatic N) is 2. The minimum atomic E-state index is -0.175. The van der Waals surface area contributed by atoms with E-state index in [-0.39, 0.29) is 5.91 Å². The van der Waals surface area contributed by atoms with E-state index in [2.05, 4.69) is 35.0 Å². The second-order valence-corrected chi connectivity index (χ2v) is 9.06. The molecule has 2 aromatic carbocycles. The van der Waals surface area contributed by atoms with E-state index in [0.29, 0.717) is 29.4 Å². The second-order valence-electron chi connectivity index (χ2n) is 9.06. The van der Waals surface area contributed by atoms with Gasteiger partial charge in [0, 0.05) is 25.1 Å². The summed E-state index contributed by atoms with van der Waals surface area (Å²) in [7, 11) is 4.62. The molecule has 0 aliphatic heterocycles. The van der Waals surface area contributed by atoms with Gasteiger partial charge in [-0.3, -0.25) is 4.79 Å². The van der Waals surface area contributed by atoms with E-state index < -0.39 is 0 Å². The number of hydrogen-bond donors (Lipinski definition) is 1. The van der Waals surface area contributed by atoms with Gasteiger partial charge in [-0.2, -0.15) is 0 Å². The zero-order valence-corrected chi connectivity index (χ0v) is 22.3. The molecule has 1 aromatic heterocycles. The maximum absolute atomic E-state index is 12.8. The van der Waals surface area contributed by atoms with Gasteiger partial charge in [0.2, 0.25) is 5.75 Å². The molecule has 0 atom stereocenters. The van der Waals surface area contributed by atoms with Crippen molar-refractivity contribution in [3.05, 3.63) is 47.8 Å². The highest BCUT2D eigenvalue weighted by molar-refractivity contribution is 5.95. The van der Waals surface area contributed by atoms with Crippen LogP contribution >= 0.6 is 0 Å². The van der Waals surface area contributed by atoms with E-state index in [9.17, 15) is 4.79 Å². The van der Waals surface area contributed by atoms with Gasteiger partial charge in [-0.05, 0) is 37.1 Å². The quantitative estimate of drug-likeness (QED) is 0.240. The van der Waals surface area contributed by atoms with Crippen LogP contribution in [0.1, 0.15) is 74.5 Å². The average molecular weight is 496 g/mol. The minimum absolute atomic E-state index is 0.175. The molecule has 0 aliphatic carbocycles. The van der Waals surface area contributed by atoms with Gasteiger partial charge in [-0.15, -0.1) is 0 Å². The van der Waals surface area contributed by atoms with Gasteiger partial charge in [0.15, 0.2) is 11.5 Å². The van der Waals surface area contributed by atoms with E-state index in [1.807, 2.05) is 6.07 Å². The molecule has 7 nitrogen and oxygen atoms in total. The Morgan fingerprint density at radius 1 is 0.889 bits per heavy atom. The van der Waals surface area contributed by atoms with Crippen molar-refractivity contribution in [2.75, 3.05) is 27.9 Å². The first-order valence-electron chi connectivity index (χ1n) is 13.1. The number of fused-ring (bicyclic) bond motifs is 1. The van der Waals surface area contributed by atoms with Gasteiger partial charge in [0.25, 0.3) is 5.91 Å². The van der Waals surface area contributed by atoms with Crippen molar-refractivity contribution >= 4 is 16.9 Å². The van der Waals surface area contributed by atoms with Gasteiger partial charge in [-0.1, -0.05) is 57.6 Å². The SMILES string of the molecule is CCCCCCCCCn1c(CCCNC(=O)c2cc(OC)c(OC)c(OC)c2)nc2ccccc21. The summed E-state index contributed by atoms with van der Waals surface area (Å²) < 4.78 is 18.4. The molecule has 0 bridgehead atoms. The minimum Gasteiger partial charge on any atom is -0.493 e. The zero-order valence-electron chi connectivity index (χ0n) is 22.3. The fraction of sp³-hybridized carbons (Fsp3) is 0.517. The van der Waals surface area contributed by atoms with Crippen LogP contribution in [0.5, 0.6) is 17.2 Å². The highest BCUT2D eigenvalue weighted by atomic mass is 16.5. The first-order valence-corrected chi connectivity index (χ1v) is 13.1. The molecule has 0 aliphatic rings. The standard InChI is InChI=1S/C29H41N3O4/c1-5-6-7-8-9-10-13-19-32-24-16-12-11-15-23(24)31-27(32)17-14-18-30-29(33)22-20-25(34-2)28(36-4)26(21-22)35-3/h11-12,15-16,20-21H,5-10,13-14,17-19H2,1-4H3,(H,30,33). The third kappa shape index (κ3) is 7.15. The number of methoxy groups -OCH3 is 3. The van der Waals surface area contributed by atoms with Crippen LogP contribution < -0.4 is 19.5 Å². The Kier molecular flexibility index (Phi) is 10.9. The fourth-order valence-corrected chi connectivity index (χ4v) is 4.56. The van der Waals surface area contributed by atoms with Crippen LogP contribution in [0.15, 0.2) is 36.4 Å². The summed E-state index contributed by atoms with van der Waals surface area (Å²) >= 11 is 0. The topological polar surface area (TPSA) is 74.6 Å². The molecule has 0 radical (unpaired) electrons. The van der Waals surface area contributed by atoms with Crippen molar-refractivity contribution in [2.24, 2.45) is 0 Å². The molecule has 0 unspecified atom stereocenters. The number of nitrogens with one attached hydrogen (secondary N) is 1. The molecule has 0 saturated carbocycles. The predicted molar refractivity (Wildman–Crippen MR) is 144 cm³/mol. The third-order valence-corrected chi connectivity index (χ3v) is 6.51. The average Bonchev–Trinajstić information content (AvgIpc) is 3.26. The summed E-state index contributed by atoms with van der Waals surface area (Å²) in [5, 5.41) is 3.01. The van der Waals surface area contributed by atoms with Crippen molar-refractivity contribution in [1.82, 2.24) is 14.9 Å². The molecule has 1 amide bonds. The van der Waals surface area contributed by atoms with Crippen LogP contribution in [0.2, 0.25) is 0 Å². The number of benzene rings is 2. The normalized spacial score (nSPS) is 11.0. The van der Waals surface area contributed by atoms with Crippen molar-refractivity contribution in [2.45, 2.75) is 71.3 Å². The molecule has 0 spiro atoms. The summed E-state index contributed by atoms with van der Waals surface area (Å²) in [6.07, 6.45) is 10.6. The Morgan fingerprint density at radius 3 is 2.22 bits per heavy atom. The van der Waals surface area contributed by atoms with Gasteiger partial charge in [-0.25, -0.2) is 4.98 Å². The molecule has 196 valence electrons. The molecule has 0 saturated heterocycles. The largest absolute Gasteiger partial charge is 0.493 e. The lowest BCUT2D eigenvalue weighted by molar-refractivity contribution is 0.0952. The lowest BCUT2D eigenvalue weighted by Crippen LogP contribution is -2.25. The molecule has 1 N–H and O–H groups in total. The number of unbranched alkanes of at least 4 members (excludes halogenated alkanes) is 6. The molecule has 7 heteroatoms. The van der Waals surface area contributed by atoms with E-state index in [1.165, 1.54) is 58.3 Å². The molecular weight excluding hydrogens is 454 g/mol. The first kappa shape index (κ1) is 27.4. The monoisotopic (exact) mass is 495 g/mol. The van der Waals surface area contributed by atoms with Crippen LogP contribution in [0.4, 0.5) is 0 Å². The molecule has 3 rings (SSSR count). The number of amides is 1. The fourth-order valence-electron chi connectivity index (χ4n) is 4.56. The Labute approximate surface area is 215 Å².